The van der Waals surface area contributed by atoms with Crippen LogP contribution in [0.25, 0.3) is 0 Å². The summed E-state index contributed by atoms with van der Waals surface area (Å²) >= 11 is 5.74. The van der Waals surface area contributed by atoms with Crippen molar-refractivity contribution >= 4 is 34.9 Å². The van der Waals surface area contributed by atoms with E-state index in [0.717, 1.165) is 50.6 Å². The van der Waals surface area contributed by atoms with Crippen LogP contribution in [0.1, 0.15) is 113 Å². The average Bonchev–Trinajstić information content (AvgIpc) is 3.08. The SMILES string of the molecule is CC(=O)O[C@H]1CC[C@]2(C)[C@H]3CC=C4[C@@H]5[C@@H](C)[C@H](C)CC[C@]5(C(=O)N5CCN(C(=S)Nc6ccc(F)cc6)CC5)CC[C@@]4(C)[C@]3(C)CC[C@H]2C1(C)C. The number of benzene rings is 1. The van der Waals surface area contributed by atoms with Crippen molar-refractivity contribution in [1.29, 1.82) is 0 Å². The average molecular weight is 720 g/mol. The molecular weight excluding hydrogens is 658 g/mol. The number of rotatable bonds is 3. The van der Waals surface area contributed by atoms with Gasteiger partial charge in [-0.15, -0.1) is 0 Å². The van der Waals surface area contributed by atoms with Crippen LogP contribution >= 0.6 is 12.2 Å². The van der Waals surface area contributed by atoms with Crippen molar-refractivity contribution in [3.05, 3.63) is 41.7 Å². The molecule has 5 aliphatic carbocycles. The summed E-state index contributed by atoms with van der Waals surface area (Å²) in [5.41, 5.74) is 2.36. The zero-order valence-electron chi connectivity index (χ0n) is 32.4. The van der Waals surface area contributed by atoms with Crippen LogP contribution in [-0.4, -0.2) is 59.1 Å². The maximum atomic E-state index is 15.1. The van der Waals surface area contributed by atoms with Crippen LogP contribution in [0.3, 0.4) is 0 Å². The number of allylic oxidation sites excluding steroid dienone is 2. The molecular formula is C43H62FN3O3S. The highest BCUT2D eigenvalue weighted by Gasteiger charge is 2.70. The van der Waals surface area contributed by atoms with Gasteiger partial charge in [0.05, 0.1) is 5.41 Å². The lowest BCUT2D eigenvalue weighted by molar-refractivity contribution is -0.213. The monoisotopic (exact) mass is 719 g/mol. The summed E-state index contributed by atoms with van der Waals surface area (Å²) in [5, 5.41) is 3.88. The highest BCUT2D eigenvalue weighted by Crippen LogP contribution is 2.76. The van der Waals surface area contributed by atoms with Crippen LogP contribution in [0.4, 0.5) is 10.1 Å². The first-order valence-electron chi connectivity index (χ1n) is 20.0. The second kappa shape index (κ2) is 12.8. The van der Waals surface area contributed by atoms with Gasteiger partial charge >= 0.3 is 5.97 Å². The predicted molar refractivity (Wildman–Crippen MR) is 205 cm³/mol. The molecule has 0 bridgehead atoms. The number of halogens is 1. The van der Waals surface area contributed by atoms with Gasteiger partial charge < -0.3 is 19.9 Å². The molecule has 0 unspecified atom stereocenters. The second-order valence-electron chi connectivity index (χ2n) is 19.0. The van der Waals surface area contributed by atoms with E-state index < -0.39 is 0 Å². The minimum atomic E-state index is -0.347. The molecule has 6 aliphatic rings. The zero-order chi connectivity index (χ0) is 36.7. The summed E-state index contributed by atoms with van der Waals surface area (Å²) in [7, 11) is 0. The van der Waals surface area contributed by atoms with Crippen LogP contribution in [-0.2, 0) is 14.3 Å². The van der Waals surface area contributed by atoms with E-state index in [4.69, 9.17) is 17.0 Å². The van der Waals surface area contributed by atoms with Gasteiger partial charge in [0.1, 0.15) is 11.9 Å². The first kappa shape index (κ1) is 36.9. The van der Waals surface area contributed by atoms with E-state index in [1.165, 1.54) is 25.0 Å². The summed E-state index contributed by atoms with van der Waals surface area (Å²) in [4.78, 5) is 31.5. The number of nitrogens with zero attached hydrogens (tertiary/aromatic N) is 2. The minimum absolute atomic E-state index is 0.0166. The molecule has 0 aromatic heterocycles. The maximum Gasteiger partial charge on any atom is 0.302 e. The Hall–Kier alpha value is -2.48. The molecule has 10 atom stereocenters. The highest BCUT2D eigenvalue weighted by molar-refractivity contribution is 7.80. The minimum Gasteiger partial charge on any atom is -0.462 e. The molecule has 51 heavy (non-hydrogen) atoms. The molecule has 280 valence electrons. The van der Waals surface area contributed by atoms with Gasteiger partial charge in [0.2, 0.25) is 5.91 Å². The number of amides is 1. The lowest BCUT2D eigenvalue weighted by Gasteiger charge is -2.71. The fourth-order valence-corrected chi connectivity index (χ4v) is 13.7. The van der Waals surface area contributed by atoms with Gasteiger partial charge in [0, 0.05) is 44.2 Å². The van der Waals surface area contributed by atoms with Crippen LogP contribution < -0.4 is 5.32 Å². The molecule has 5 fully saturated rings. The lowest BCUT2D eigenvalue weighted by atomic mass is 9.33. The van der Waals surface area contributed by atoms with E-state index in [2.05, 4.69) is 69.7 Å². The topological polar surface area (TPSA) is 61.9 Å². The van der Waals surface area contributed by atoms with Gasteiger partial charge in [-0.2, -0.15) is 0 Å². The smallest absolute Gasteiger partial charge is 0.302 e. The van der Waals surface area contributed by atoms with Gasteiger partial charge in [-0.25, -0.2) is 4.39 Å². The Bertz CT molecular complexity index is 1590. The summed E-state index contributed by atoms with van der Waals surface area (Å²) in [6.07, 6.45) is 12.3. The number of ether oxygens (including phenoxy) is 1. The van der Waals surface area contributed by atoms with Crippen molar-refractivity contribution < 1.29 is 18.7 Å². The summed E-state index contributed by atoms with van der Waals surface area (Å²) in [6, 6.07) is 6.28. The van der Waals surface area contributed by atoms with Gasteiger partial charge in [-0.05, 0) is 140 Å². The number of esters is 1. The molecule has 1 aliphatic heterocycles. The molecule has 1 amide bonds. The normalized spacial score (nSPS) is 41.5. The van der Waals surface area contributed by atoms with Gasteiger partial charge in [-0.3, -0.25) is 9.59 Å². The molecule has 6 nitrogen and oxygen atoms in total. The van der Waals surface area contributed by atoms with Crippen molar-refractivity contribution in [2.45, 2.75) is 119 Å². The molecule has 4 saturated carbocycles. The number of carbonyl (C=O) groups is 2. The predicted octanol–water partition coefficient (Wildman–Crippen LogP) is 9.26. The third kappa shape index (κ3) is 5.61. The number of carbonyl (C=O) groups excluding carboxylic acids is 2. The largest absolute Gasteiger partial charge is 0.462 e. The molecule has 0 spiro atoms. The van der Waals surface area contributed by atoms with Gasteiger partial charge in [0.25, 0.3) is 0 Å². The molecule has 1 N–H and O–H groups in total. The number of piperazine rings is 1. The van der Waals surface area contributed by atoms with Crippen LogP contribution in [0.15, 0.2) is 35.9 Å². The van der Waals surface area contributed by atoms with E-state index >= 15 is 4.79 Å². The van der Waals surface area contributed by atoms with E-state index in [-0.39, 0.29) is 50.9 Å². The van der Waals surface area contributed by atoms with Crippen molar-refractivity contribution in [2.24, 2.45) is 56.7 Å². The first-order valence-corrected chi connectivity index (χ1v) is 20.4. The standard InChI is InChI=1S/C43H62FN3O3S/c1-27-15-20-43(37(49)46-23-25-47(26-24-46)38(51)45-31-11-9-30(44)10-12-31)22-21-41(7)32(36(43)28(27)2)13-14-34-40(6)18-17-35(50-29(3)48)39(4,5)33(40)16-19-42(34,41)8/h9-13,27-28,33-36H,14-26H2,1-8H3,(H,45,51)/t27-,28+,33+,34-,35+,36+,40+,41-,42-,43+/m1/s1. The number of hydrogen-bond donors (Lipinski definition) is 1. The van der Waals surface area contributed by atoms with Crippen LogP contribution in [0.2, 0.25) is 0 Å². The summed E-state index contributed by atoms with van der Waals surface area (Å²) in [5.74, 6) is 2.33. The molecule has 8 heteroatoms. The van der Waals surface area contributed by atoms with Crippen molar-refractivity contribution in [2.75, 3.05) is 31.5 Å². The number of hydrogen-bond acceptors (Lipinski definition) is 4. The van der Waals surface area contributed by atoms with Crippen molar-refractivity contribution in [1.82, 2.24) is 9.80 Å². The number of nitrogens with one attached hydrogen (secondary N) is 1. The molecule has 1 heterocycles. The molecule has 1 aromatic carbocycles. The van der Waals surface area contributed by atoms with Crippen molar-refractivity contribution in [3.8, 4) is 0 Å². The van der Waals surface area contributed by atoms with Gasteiger partial charge in [-0.1, -0.05) is 60.1 Å². The fourth-order valence-electron chi connectivity index (χ4n) is 13.4. The fraction of sp³-hybridized carbons (Fsp3) is 0.744. The Morgan fingerprint density at radius 1 is 0.863 bits per heavy atom. The Balaban J connectivity index is 1.14. The van der Waals surface area contributed by atoms with E-state index in [9.17, 15) is 9.18 Å². The molecule has 1 aromatic rings. The molecule has 7 rings (SSSR count). The van der Waals surface area contributed by atoms with E-state index in [1.807, 2.05) is 0 Å². The summed E-state index contributed by atoms with van der Waals surface area (Å²) in [6.45, 7) is 21.7. The molecule has 0 radical (unpaired) electrons. The maximum absolute atomic E-state index is 15.1. The van der Waals surface area contributed by atoms with Crippen molar-refractivity contribution in [3.63, 3.8) is 0 Å². The number of thiocarbonyl (C=S) groups is 1. The van der Waals surface area contributed by atoms with E-state index in [0.29, 0.717) is 60.9 Å². The Morgan fingerprint density at radius 3 is 2.20 bits per heavy atom. The van der Waals surface area contributed by atoms with Crippen LogP contribution in [0.5, 0.6) is 0 Å². The van der Waals surface area contributed by atoms with Crippen LogP contribution in [0, 0.1) is 62.5 Å². The number of fused-ring (bicyclic) bond motifs is 7. The van der Waals surface area contributed by atoms with E-state index in [1.54, 1.807) is 24.6 Å². The lowest BCUT2D eigenvalue weighted by Crippen LogP contribution is -2.66. The summed E-state index contributed by atoms with van der Waals surface area (Å²) < 4.78 is 19.4. The number of anilines is 1. The molecule has 1 saturated heterocycles. The quantitative estimate of drug-likeness (QED) is 0.191. The third-order valence-electron chi connectivity index (χ3n) is 16.6. The third-order valence-corrected chi connectivity index (χ3v) is 17.0. The highest BCUT2D eigenvalue weighted by atomic mass is 32.1. The Kier molecular flexibility index (Phi) is 9.27. The first-order chi connectivity index (χ1) is 24.0. The van der Waals surface area contributed by atoms with Gasteiger partial charge in [0.15, 0.2) is 5.11 Å². The second-order valence-corrected chi connectivity index (χ2v) is 19.4. The Morgan fingerprint density at radius 2 is 1.53 bits per heavy atom. The Labute approximate surface area is 311 Å². The zero-order valence-corrected chi connectivity index (χ0v) is 33.3.